The molecule has 2 saturated heterocycles. The molecule has 0 unspecified atom stereocenters. The molecule has 0 spiro atoms. The first-order valence-corrected chi connectivity index (χ1v) is 12.1. The lowest BCUT2D eigenvalue weighted by Gasteiger charge is -2.39. The van der Waals surface area contributed by atoms with Gasteiger partial charge in [-0.3, -0.25) is 19.3 Å². The number of likely N-dealkylation sites (tertiary alicyclic amines) is 1. The average Bonchev–Trinajstić information content (AvgIpc) is 3.55. The van der Waals surface area contributed by atoms with Gasteiger partial charge in [-0.1, -0.05) is 12.1 Å². The number of nitrogens with zero attached hydrogens (tertiary/aromatic N) is 3. The van der Waals surface area contributed by atoms with Gasteiger partial charge in [0, 0.05) is 58.8 Å². The molecule has 1 aromatic heterocycles. The highest BCUT2D eigenvalue weighted by Gasteiger charge is 2.29. The zero-order valence-electron chi connectivity index (χ0n) is 19.7. The Morgan fingerprint density at radius 3 is 2.46 bits per heavy atom. The minimum atomic E-state index is -0.705. The number of hydrogen-bond donors (Lipinski definition) is 2. The van der Waals surface area contributed by atoms with Crippen LogP contribution in [0.25, 0.3) is 0 Å². The summed E-state index contributed by atoms with van der Waals surface area (Å²) < 4.78 is 19.8. The van der Waals surface area contributed by atoms with E-state index in [0.717, 1.165) is 13.0 Å². The monoisotopic (exact) mass is 485 g/mol. The molecule has 1 atom stereocenters. The summed E-state index contributed by atoms with van der Waals surface area (Å²) in [7, 11) is 0. The molecule has 3 amide bonds. The predicted octanol–water partition coefficient (Wildman–Crippen LogP) is 1.53. The number of amides is 3. The van der Waals surface area contributed by atoms with Crippen LogP contribution in [0, 0.1) is 5.82 Å². The van der Waals surface area contributed by atoms with E-state index in [1.807, 2.05) is 17.0 Å². The molecular formula is C25H32FN5O4. The van der Waals surface area contributed by atoms with Crippen molar-refractivity contribution in [2.24, 2.45) is 0 Å². The van der Waals surface area contributed by atoms with E-state index in [4.69, 9.17) is 4.42 Å². The Morgan fingerprint density at radius 1 is 1.00 bits per heavy atom. The fourth-order valence-corrected chi connectivity index (χ4v) is 4.64. The second-order valence-corrected chi connectivity index (χ2v) is 8.81. The maximum absolute atomic E-state index is 14.2. The zero-order chi connectivity index (χ0) is 24.6. The van der Waals surface area contributed by atoms with Gasteiger partial charge < -0.3 is 24.9 Å². The standard InChI is InChI=1S/C25H32FN5O4/c26-19-6-1-2-7-20(19)29-13-15-30(16-14-29)21(22-8-4-17-35-22)18-28-25(34)24(33)27-10-5-12-31-11-3-9-23(31)32/h1-2,4,6-8,17,21H,3,5,9-16,18H2,(H,27,33)(H,28,34)/t21-/m1/s1. The van der Waals surface area contributed by atoms with Gasteiger partial charge in [0.1, 0.15) is 11.6 Å². The van der Waals surface area contributed by atoms with Crippen molar-refractivity contribution in [2.75, 3.05) is 57.3 Å². The molecule has 188 valence electrons. The highest BCUT2D eigenvalue weighted by Crippen LogP contribution is 2.25. The van der Waals surface area contributed by atoms with Gasteiger partial charge in [0.25, 0.3) is 0 Å². The van der Waals surface area contributed by atoms with Crippen molar-refractivity contribution in [3.63, 3.8) is 0 Å². The SMILES string of the molecule is O=C(NCCCN1CCCC1=O)C(=O)NC[C@H](c1ccco1)N1CCN(c2ccccc2F)CC1. The largest absolute Gasteiger partial charge is 0.468 e. The Morgan fingerprint density at radius 2 is 1.77 bits per heavy atom. The molecule has 10 heteroatoms. The first-order chi connectivity index (χ1) is 17.0. The summed E-state index contributed by atoms with van der Waals surface area (Å²) in [6, 6.07) is 10.1. The lowest BCUT2D eigenvalue weighted by molar-refractivity contribution is -0.139. The predicted molar refractivity (Wildman–Crippen MR) is 128 cm³/mol. The first kappa shape index (κ1) is 24.7. The topological polar surface area (TPSA) is 98.1 Å². The van der Waals surface area contributed by atoms with E-state index in [1.165, 1.54) is 6.07 Å². The number of furan rings is 1. The van der Waals surface area contributed by atoms with Crippen LogP contribution in [0.2, 0.25) is 0 Å². The Bertz CT molecular complexity index is 1010. The van der Waals surface area contributed by atoms with E-state index in [0.29, 0.717) is 63.6 Å². The number of carbonyl (C=O) groups is 3. The molecule has 0 aliphatic carbocycles. The third-order valence-corrected chi connectivity index (χ3v) is 6.54. The number of benzene rings is 1. The third kappa shape index (κ3) is 6.39. The van der Waals surface area contributed by atoms with Gasteiger partial charge >= 0.3 is 11.8 Å². The molecule has 2 N–H and O–H groups in total. The van der Waals surface area contributed by atoms with E-state index in [2.05, 4.69) is 15.5 Å². The molecule has 9 nitrogen and oxygen atoms in total. The van der Waals surface area contributed by atoms with Crippen molar-refractivity contribution in [3.05, 3.63) is 54.2 Å². The van der Waals surface area contributed by atoms with Crippen LogP contribution < -0.4 is 15.5 Å². The van der Waals surface area contributed by atoms with E-state index in [1.54, 1.807) is 29.4 Å². The molecular weight excluding hydrogens is 453 g/mol. The highest BCUT2D eigenvalue weighted by atomic mass is 19.1. The molecule has 2 fully saturated rings. The van der Waals surface area contributed by atoms with Crippen LogP contribution in [0.4, 0.5) is 10.1 Å². The number of piperazine rings is 1. The fraction of sp³-hybridized carbons (Fsp3) is 0.480. The molecule has 2 aromatic rings. The minimum Gasteiger partial charge on any atom is -0.468 e. The zero-order valence-corrected chi connectivity index (χ0v) is 19.7. The summed E-state index contributed by atoms with van der Waals surface area (Å²) in [6.07, 6.45) is 3.65. The van der Waals surface area contributed by atoms with E-state index >= 15 is 0 Å². The van der Waals surface area contributed by atoms with Crippen LogP contribution in [0.3, 0.4) is 0 Å². The van der Waals surface area contributed by atoms with Crippen molar-refractivity contribution >= 4 is 23.4 Å². The summed E-state index contributed by atoms with van der Waals surface area (Å²) >= 11 is 0. The van der Waals surface area contributed by atoms with Crippen LogP contribution in [0.5, 0.6) is 0 Å². The van der Waals surface area contributed by atoms with E-state index in [-0.39, 0.29) is 24.3 Å². The summed E-state index contributed by atoms with van der Waals surface area (Å²) in [4.78, 5) is 42.2. The lowest BCUT2D eigenvalue weighted by atomic mass is 10.1. The van der Waals surface area contributed by atoms with Gasteiger partial charge in [0.2, 0.25) is 5.91 Å². The van der Waals surface area contributed by atoms with Crippen LogP contribution in [0.1, 0.15) is 31.1 Å². The van der Waals surface area contributed by atoms with Gasteiger partial charge in [0.15, 0.2) is 0 Å². The Balaban J connectivity index is 1.25. The van der Waals surface area contributed by atoms with Crippen molar-refractivity contribution < 1.29 is 23.2 Å². The number of anilines is 1. The molecule has 35 heavy (non-hydrogen) atoms. The number of halogens is 1. The van der Waals surface area contributed by atoms with E-state index < -0.39 is 11.8 Å². The van der Waals surface area contributed by atoms with Crippen LogP contribution in [0.15, 0.2) is 47.1 Å². The average molecular weight is 486 g/mol. The number of para-hydroxylation sites is 1. The normalized spacial score (nSPS) is 17.5. The van der Waals surface area contributed by atoms with Gasteiger partial charge in [-0.05, 0) is 37.1 Å². The lowest BCUT2D eigenvalue weighted by Crippen LogP contribution is -2.51. The molecule has 3 heterocycles. The van der Waals surface area contributed by atoms with Crippen molar-refractivity contribution in [1.29, 1.82) is 0 Å². The van der Waals surface area contributed by atoms with Crippen LogP contribution >= 0.6 is 0 Å². The Kier molecular flexibility index (Phi) is 8.36. The van der Waals surface area contributed by atoms with Gasteiger partial charge in [-0.25, -0.2) is 4.39 Å². The third-order valence-electron chi connectivity index (χ3n) is 6.54. The summed E-state index contributed by atoms with van der Waals surface area (Å²) in [5, 5.41) is 5.34. The maximum atomic E-state index is 14.2. The van der Waals surface area contributed by atoms with Crippen LogP contribution in [-0.4, -0.2) is 79.9 Å². The molecule has 0 saturated carbocycles. The molecule has 2 aliphatic heterocycles. The van der Waals surface area contributed by atoms with Gasteiger partial charge in [0.05, 0.1) is 18.0 Å². The summed E-state index contributed by atoms with van der Waals surface area (Å²) in [5.74, 6) is -0.800. The van der Waals surface area contributed by atoms with Gasteiger partial charge in [-0.2, -0.15) is 0 Å². The Hall–Kier alpha value is -3.40. The number of carbonyl (C=O) groups excluding carboxylic acids is 3. The molecule has 2 aliphatic rings. The van der Waals surface area contributed by atoms with Gasteiger partial charge in [-0.15, -0.1) is 0 Å². The van der Waals surface area contributed by atoms with E-state index in [9.17, 15) is 18.8 Å². The smallest absolute Gasteiger partial charge is 0.309 e. The molecule has 0 radical (unpaired) electrons. The molecule has 4 rings (SSSR count). The molecule has 1 aromatic carbocycles. The number of hydrogen-bond acceptors (Lipinski definition) is 6. The second kappa shape index (κ2) is 11.8. The second-order valence-electron chi connectivity index (χ2n) is 8.81. The van der Waals surface area contributed by atoms with Crippen molar-refractivity contribution in [1.82, 2.24) is 20.4 Å². The minimum absolute atomic E-state index is 0.146. The fourth-order valence-electron chi connectivity index (χ4n) is 4.64. The summed E-state index contributed by atoms with van der Waals surface area (Å²) in [6.45, 7) is 4.44. The highest BCUT2D eigenvalue weighted by molar-refractivity contribution is 6.35. The number of rotatable bonds is 9. The van der Waals surface area contributed by atoms with Crippen molar-refractivity contribution in [2.45, 2.75) is 25.3 Å². The van der Waals surface area contributed by atoms with Crippen molar-refractivity contribution in [3.8, 4) is 0 Å². The maximum Gasteiger partial charge on any atom is 0.309 e. The van der Waals surface area contributed by atoms with Crippen LogP contribution in [-0.2, 0) is 14.4 Å². The summed E-state index contributed by atoms with van der Waals surface area (Å²) in [5.41, 5.74) is 0.584. The quantitative estimate of drug-likeness (QED) is 0.413. The Labute approximate surface area is 204 Å². The first-order valence-electron chi connectivity index (χ1n) is 12.1. The number of nitrogens with one attached hydrogen (secondary N) is 2. The molecule has 0 bridgehead atoms.